The summed E-state index contributed by atoms with van der Waals surface area (Å²) >= 11 is 0. The molecule has 7 nitrogen and oxygen atoms in total. The minimum absolute atomic E-state index is 0.0348. The molecule has 2 saturated heterocycles. The van der Waals surface area contributed by atoms with Crippen LogP contribution in [-0.4, -0.2) is 54.4 Å². The van der Waals surface area contributed by atoms with Crippen molar-refractivity contribution in [1.29, 1.82) is 0 Å². The number of likely N-dealkylation sites (tertiary alicyclic amines) is 1. The van der Waals surface area contributed by atoms with Crippen molar-refractivity contribution in [3.63, 3.8) is 0 Å². The second-order valence-corrected chi connectivity index (χ2v) is 8.56. The number of hydrogen-bond donors (Lipinski definition) is 3. The van der Waals surface area contributed by atoms with Crippen LogP contribution in [0.1, 0.15) is 22.3 Å². The molecule has 2 aliphatic rings. The normalized spacial score (nSPS) is 17.7. The lowest BCUT2D eigenvalue weighted by Gasteiger charge is -2.37. The van der Waals surface area contributed by atoms with Gasteiger partial charge in [0.1, 0.15) is 28.7 Å². The van der Waals surface area contributed by atoms with Gasteiger partial charge in [0.05, 0.1) is 24.3 Å². The van der Waals surface area contributed by atoms with Crippen molar-refractivity contribution < 1.29 is 32.9 Å². The second kappa shape index (κ2) is 7.46. The maximum Gasteiger partial charge on any atom is 0.255 e. The number of phenolic OH excluding ortho intramolecular Hbond substituents is 2. The van der Waals surface area contributed by atoms with Crippen LogP contribution in [-0.2, 0) is 11.3 Å². The molecule has 32 heavy (non-hydrogen) atoms. The molecule has 3 N–H and O–H groups in total. The quantitative estimate of drug-likeness (QED) is 0.571. The van der Waals surface area contributed by atoms with Crippen LogP contribution in [0.25, 0.3) is 22.3 Å². The van der Waals surface area contributed by atoms with Crippen LogP contribution in [0.4, 0.5) is 8.78 Å². The SMILES string of the molecule is CNC(=O)c1c(-c2c(F)cc(O)cc2F)oc2ccc(O)c(CN3CCC4(COC4)C3)c12. The van der Waals surface area contributed by atoms with E-state index in [2.05, 4.69) is 10.2 Å². The molecule has 0 atom stereocenters. The highest BCUT2D eigenvalue weighted by Gasteiger charge is 2.44. The number of nitrogens with one attached hydrogen (secondary N) is 1. The van der Waals surface area contributed by atoms with Gasteiger partial charge >= 0.3 is 0 Å². The Morgan fingerprint density at radius 3 is 2.53 bits per heavy atom. The van der Waals surface area contributed by atoms with Crippen molar-refractivity contribution in [2.24, 2.45) is 5.41 Å². The van der Waals surface area contributed by atoms with E-state index in [0.29, 0.717) is 30.7 Å². The van der Waals surface area contributed by atoms with Gasteiger partial charge in [-0.3, -0.25) is 9.69 Å². The Morgan fingerprint density at radius 1 is 1.22 bits per heavy atom. The second-order valence-electron chi connectivity index (χ2n) is 8.56. The molecule has 9 heteroatoms. The average molecular weight is 444 g/mol. The van der Waals surface area contributed by atoms with Crippen LogP contribution < -0.4 is 5.32 Å². The fourth-order valence-corrected chi connectivity index (χ4v) is 4.72. The number of aromatic hydroxyl groups is 2. The third-order valence-electron chi connectivity index (χ3n) is 6.36. The first-order valence-electron chi connectivity index (χ1n) is 10.3. The van der Waals surface area contributed by atoms with E-state index in [-0.39, 0.29) is 28.1 Å². The van der Waals surface area contributed by atoms with Crippen LogP contribution in [0.5, 0.6) is 11.5 Å². The summed E-state index contributed by atoms with van der Waals surface area (Å²) in [6, 6.07) is 4.41. The minimum atomic E-state index is -1.07. The monoisotopic (exact) mass is 444 g/mol. The molecule has 3 heterocycles. The summed E-state index contributed by atoms with van der Waals surface area (Å²) in [4.78, 5) is 15.0. The number of carbonyl (C=O) groups excluding carboxylic acids is 1. The van der Waals surface area contributed by atoms with Crippen LogP contribution in [0.15, 0.2) is 28.7 Å². The number of amides is 1. The first kappa shape index (κ1) is 20.7. The average Bonchev–Trinajstić information content (AvgIpc) is 3.31. The Labute approximate surface area is 182 Å². The summed E-state index contributed by atoms with van der Waals surface area (Å²) in [6.07, 6.45) is 0.979. The van der Waals surface area contributed by atoms with E-state index in [1.54, 1.807) is 0 Å². The Hall–Kier alpha value is -3.17. The zero-order chi connectivity index (χ0) is 22.6. The van der Waals surface area contributed by atoms with Gasteiger partial charge in [-0.25, -0.2) is 8.78 Å². The molecule has 0 saturated carbocycles. The van der Waals surface area contributed by atoms with E-state index < -0.39 is 28.9 Å². The predicted octanol–water partition coefficient (Wildman–Crippen LogP) is 3.37. The zero-order valence-corrected chi connectivity index (χ0v) is 17.4. The lowest BCUT2D eigenvalue weighted by Crippen LogP contribution is -2.44. The number of benzene rings is 2. The summed E-state index contributed by atoms with van der Waals surface area (Å²) in [5.74, 6) is -3.66. The Balaban J connectivity index is 1.68. The molecule has 1 aromatic heterocycles. The summed E-state index contributed by atoms with van der Waals surface area (Å²) in [5, 5.41) is 23.0. The molecular weight excluding hydrogens is 422 g/mol. The topological polar surface area (TPSA) is 95.2 Å². The Bertz CT molecular complexity index is 1210. The third kappa shape index (κ3) is 3.20. The van der Waals surface area contributed by atoms with Gasteiger partial charge in [0, 0.05) is 48.6 Å². The van der Waals surface area contributed by atoms with Crippen molar-refractivity contribution in [1.82, 2.24) is 10.2 Å². The molecule has 1 amide bonds. The van der Waals surface area contributed by atoms with Crippen molar-refractivity contribution in [2.45, 2.75) is 13.0 Å². The van der Waals surface area contributed by atoms with Gasteiger partial charge in [-0.15, -0.1) is 0 Å². The number of rotatable bonds is 4. The number of ether oxygens (including phenoxy) is 1. The number of carbonyl (C=O) groups is 1. The van der Waals surface area contributed by atoms with E-state index in [0.717, 1.165) is 31.6 Å². The van der Waals surface area contributed by atoms with Crippen molar-refractivity contribution >= 4 is 16.9 Å². The number of furan rings is 1. The molecule has 1 spiro atoms. The third-order valence-corrected chi connectivity index (χ3v) is 6.36. The molecule has 3 aromatic rings. The van der Waals surface area contributed by atoms with E-state index in [1.165, 1.54) is 19.2 Å². The van der Waals surface area contributed by atoms with Crippen LogP contribution in [0, 0.1) is 17.0 Å². The van der Waals surface area contributed by atoms with E-state index in [9.17, 15) is 23.8 Å². The molecule has 0 radical (unpaired) electrons. The number of phenols is 2. The standard InChI is InChI=1S/C23H22F2N2O5/c1-26-22(30)20-18-13(8-27-5-4-23(9-27)10-31-11-23)16(29)2-3-17(18)32-21(20)19-14(24)6-12(28)7-15(19)25/h2-3,6-7,28-29H,4-5,8-11H2,1H3,(H,26,30). The van der Waals surface area contributed by atoms with E-state index in [4.69, 9.17) is 9.15 Å². The molecule has 2 aromatic carbocycles. The summed E-state index contributed by atoms with van der Waals surface area (Å²) < 4.78 is 40.4. The van der Waals surface area contributed by atoms with Gasteiger partial charge < -0.3 is 24.7 Å². The smallest absolute Gasteiger partial charge is 0.255 e. The van der Waals surface area contributed by atoms with Crippen molar-refractivity contribution in [3.8, 4) is 22.8 Å². The van der Waals surface area contributed by atoms with Crippen molar-refractivity contribution in [2.75, 3.05) is 33.4 Å². The minimum Gasteiger partial charge on any atom is -0.508 e. The van der Waals surface area contributed by atoms with Gasteiger partial charge in [0.15, 0.2) is 5.76 Å². The van der Waals surface area contributed by atoms with Gasteiger partial charge in [-0.05, 0) is 25.1 Å². The Kier molecular flexibility index (Phi) is 4.83. The van der Waals surface area contributed by atoms with Gasteiger partial charge in [-0.1, -0.05) is 0 Å². The molecular formula is C23H22F2N2O5. The first-order valence-corrected chi connectivity index (χ1v) is 10.3. The lowest BCUT2D eigenvalue weighted by molar-refractivity contribution is -0.105. The maximum absolute atomic E-state index is 14.6. The largest absolute Gasteiger partial charge is 0.508 e. The molecule has 2 fully saturated rings. The predicted molar refractivity (Wildman–Crippen MR) is 111 cm³/mol. The fourth-order valence-electron chi connectivity index (χ4n) is 4.72. The van der Waals surface area contributed by atoms with Crippen LogP contribution >= 0.6 is 0 Å². The highest BCUT2D eigenvalue weighted by Crippen LogP contribution is 2.43. The molecule has 0 unspecified atom stereocenters. The van der Waals surface area contributed by atoms with E-state index in [1.807, 2.05) is 0 Å². The molecule has 168 valence electrons. The van der Waals surface area contributed by atoms with Crippen LogP contribution in [0.3, 0.4) is 0 Å². The van der Waals surface area contributed by atoms with Gasteiger partial charge in [-0.2, -0.15) is 0 Å². The molecule has 2 aliphatic heterocycles. The van der Waals surface area contributed by atoms with Gasteiger partial charge in [0.2, 0.25) is 0 Å². The van der Waals surface area contributed by atoms with Crippen molar-refractivity contribution in [3.05, 3.63) is 47.0 Å². The summed E-state index contributed by atoms with van der Waals surface area (Å²) in [5.41, 5.74) is 0.173. The number of hydrogen-bond acceptors (Lipinski definition) is 6. The highest BCUT2D eigenvalue weighted by molar-refractivity contribution is 6.12. The molecule has 5 rings (SSSR count). The van der Waals surface area contributed by atoms with E-state index >= 15 is 0 Å². The number of nitrogens with zero attached hydrogens (tertiary/aromatic N) is 1. The summed E-state index contributed by atoms with van der Waals surface area (Å²) in [7, 11) is 1.40. The number of fused-ring (bicyclic) bond motifs is 1. The fraction of sp³-hybridized carbons (Fsp3) is 0.348. The molecule has 0 aliphatic carbocycles. The number of halogens is 2. The first-order chi connectivity index (χ1) is 15.3. The maximum atomic E-state index is 14.6. The Morgan fingerprint density at radius 2 is 1.94 bits per heavy atom. The molecule has 0 bridgehead atoms. The van der Waals surface area contributed by atoms with Crippen LogP contribution in [0.2, 0.25) is 0 Å². The summed E-state index contributed by atoms with van der Waals surface area (Å²) in [6.45, 7) is 3.36. The lowest BCUT2D eigenvalue weighted by atomic mass is 9.85. The van der Waals surface area contributed by atoms with Gasteiger partial charge in [0.25, 0.3) is 5.91 Å². The zero-order valence-electron chi connectivity index (χ0n) is 17.4. The highest BCUT2D eigenvalue weighted by atomic mass is 19.1.